The molecule has 1 aromatic heterocycles. The highest BCUT2D eigenvalue weighted by molar-refractivity contribution is 5.82. The Morgan fingerprint density at radius 2 is 1.83 bits per heavy atom. The number of carbonyl (C=O) groups is 2. The molecule has 0 saturated heterocycles. The molecule has 0 atom stereocenters. The molecule has 0 aliphatic rings. The molecular formula is C12H18N2O4. The van der Waals surface area contributed by atoms with Gasteiger partial charge in [0.1, 0.15) is 17.3 Å². The Balaban J connectivity index is 3.11. The normalized spacial score (nSPS) is 12.3. The molecule has 1 rings (SSSR count). The highest BCUT2D eigenvalue weighted by atomic mass is 16.6. The van der Waals surface area contributed by atoms with Crippen molar-refractivity contribution >= 4 is 12.1 Å². The average molecular weight is 254 g/mol. The summed E-state index contributed by atoms with van der Waals surface area (Å²) in [7, 11) is 0. The summed E-state index contributed by atoms with van der Waals surface area (Å²) in [5.74, 6) is -1.03. The third-order valence-electron chi connectivity index (χ3n) is 2.40. The predicted molar refractivity (Wildman–Crippen MR) is 64.5 cm³/mol. The first-order chi connectivity index (χ1) is 8.05. The molecule has 0 unspecified atom stereocenters. The van der Waals surface area contributed by atoms with Crippen molar-refractivity contribution in [1.82, 2.24) is 9.55 Å². The number of aliphatic carboxylic acids is 1. The summed E-state index contributed by atoms with van der Waals surface area (Å²) in [5, 5.41) is 9.16. The monoisotopic (exact) mass is 254 g/mol. The molecule has 6 nitrogen and oxygen atoms in total. The van der Waals surface area contributed by atoms with Crippen molar-refractivity contribution in [2.24, 2.45) is 0 Å². The number of hydrogen-bond acceptors (Lipinski definition) is 4. The van der Waals surface area contributed by atoms with E-state index < -0.39 is 23.1 Å². The Bertz CT molecular complexity index is 469. The lowest BCUT2D eigenvalue weighted by Gasteiger charge is -2.23. The van der Waals surface area contributed by atoms with Gasteiger partial charge in [-0.15, -0.1) is 0 Å². The van der Waals surface area contributed by atoms with Gasteiger partial charge < -0.3 is 9.84 Å². The van der Waals surface area contributed by atoms with Crippen LogP contribution in [-0.2, 0) is 14.9 Å². The quantitative estimate of drug-likeness (QED) is 0.873. The first-order valence-electron chi connectivity index (χ1n) is 5.55. The zero-order valence-electron chi connectivity index (χ0n) is 11.2. The lowest BCUT2D eigenvalue weighted by Crippen LogP contribution is -2.35. The van der Waals surface area contributed by atoms with E-state index >= 15 is 0 Å². The van der Waals surface area contributed by atoms with Crippen molar-refractivity contribution in [2.75, 3.05) is 0 Å². The second-order valence-corrected chi connectivity index (χ2v) is 5.56. The number of aromatic nitrogens is 2. The Morgan fingerprint density at radius 1 is 1.28 bits per heavy atom. The molecule has 6 heteroatoms. The number of carboxylic acid groups (broad SMARTS) is 1. The molecule has 0 aliphatic heterocycles. The van der Waals surface area contributed by atoms with E-state index in [9.17, 15) is 9.59 Å². The second-order valence-electron chi connectivity index (χ2n) is 5.56. The lowest BCUT2D eigenvalue weighted by atomic mass is 9.90. The zero-order valence-corrected chi connectivity index (χ0v) is 11.2. The van der Waals surface area contributed by atoms with E-state index in [1.54, 1.807) is 20.8 Å². The first kappa shape index (κ1) is 14.2. The number of hydrogen-bond donors (Lipinski definition) is 1. The molecule has 0 saturated carbocycles. The third kappa shape index (κ3) is 2.88. The van der Waals surface area contributed by atoms with Crippen molar-refractivity contribution < 1.29 is 19.4 Å². The van der Waals surface area contributed by atoms with Crippen LogP contribution >= 0.6 is 0 Å². The van der Waals surface area contributed by atoms with Crippen LogP contribution in [0.4, 0.5) is 4.79 Å². The highest BCUT2D eigenvalue weighted by Crippen LogP contribution is 2.23. The number of rotatable bonds is 2. The van der Waals surface area contributed by atoms with E-state index in [0.29, 0.717) is 0 Å². The van der Waals surface area contributed by atoms with Crippen LogP contribution in [0.2, 0.25) is 0 Å². The summed E-state index contributed by atoms with van der Waals surface area (Å²) >= 11 is 0. The van der Waals surface area contributed by atoms with Crippen molar-refractivity contribution in [1.29, 1.82) is 0 Å². The van der Waals surface area contributed by atoms with E-state index in [-0.39, 0.29) is 5.69 Å². The molecule has 1 N–H and O–H groups in total. The van der Waals surface area contributed by atoms with Crippen LogP contribution < -0.4 is 0 Å². The van der Waals surface area contributed by atoms with Crippen molar-refractivity contribution in [3.63, 3.8) is 0 Å². The zero-order chi connectivity index (χ0) is 14.1. The number of imidazole rings is 1. The fraction of sp³-hybridized carbons (Fsp3) is 0.583. The SMILES string of the molecule is CC(C)(C)OC(=O)n1cncc1C(C)(C)C(=O)O. The number of carboxylic acids is 1. The minimum atomic E-state index is -1.21. The summed E-state index contributed by atoms with van der Waals surface area (Å²) < 4.78 is 6.31. The van der Waals surface area contributed by atoms with Crippen LogP contribution in [0.5, 0.6) is 0 Å². The largest absolute Gasteiger partial charge is 0.481 e. The van der Waals surface area contributed by atoms with Gasteiger partial charge >= 0.3 is 12.1 Å². The molecule has 0 aromatic carbocycles. The van der Waals surface area contributed by atoms with Crippen molar-refractivity contribution in [2.45, 2.75) is 45.6 Å². The Hall–Kier alpha value is -1.85. The highest BCUT2D eigenvalue weighted by Gasteiger charge is 2.35. The van der Waals surface area contributed by atoms with Crippen LogP contribution in [0.3, 0.4) is 0 Å². The van der Waals surface area contributed by atoms with Gasteiger partial charge in [0.15, 0.2) is 0 Å². The molecule has 0 aliphatic carbocycles. The second kappa shape index (κ2) is 4.44. The molecule has 0 amide bonds. The predicted octanol–water partition coefficient (Wildman–Crippen LogP) is 2.03. The van der Waals surface area contributed by atoms with Gasteiger partial charge in [-0.05, 0) is 34.6 Å². The summed E-state index contributed by atoms with van der Waals surface area (Å²) in [6.07, 6.45) is 1.98. The van der Waals surface area contributed by atoms with Gasteiger partial charge in [0.25, 0.3) is 0 Å². The van der Waals surface area contributed by atoms with Crippen LogP contribution in [0.15, 0.2) is 12.5 Å². The Morgan fingerprint density at radius 3 is 2.28 bits per heavy atom. The fourth-order valence-corrected chi connectivity index (χ4v) is 1.32. The lowest BCUT2D eigenvalue weighted by molar-refractivity contribution is -0.142. The molecule has 100 valence electrons. The maximum Gasteiger partial charge on any atom is 0.420 e. The van der Waals surface area contributed by atoms with Crippen molar-refractivity contribution in [3.8, 4) is 0 Å². The van der Waals surface area contributed by atoms with Crippen LogP contribution in [-0.4, -0.2) is 32.3 Å². The van der Waals surface area contributed by atoms with Gasteiger partial charge in [0.2, 0.25) is 0 Å². The standard InChI is InChI=1S/C12H18N2O4/c1-11(2,3)18-10(17)14-7-13-6-8(14)12(4,5)9(15)16/h6-7H,1-5H3,(H,15,16). The summed E-state index contributed by atoms with van der Waals surface area (Å²) in [4.78, 5) is 26.9. The van der Waals surface area contributed by atoms with Gasteiger partial charge in [-0.25, -0.2) is 14.3 Å². The van der Waals surface area contributed by atoms with Crippen LogP contribution in [0.25, 0.3) is 0 Å². The average Bonchev–Trinajstić information content (AvgIpc) is 2.62. The summed E-state index contributed by atoms with van der Waals surface area (Å²) in [6, 6.07) is 0. The van der Waals surface area contributed by atoms with E-state index in [4.69, 9.17) is 9.84 Å². The minimum absolute atomic E-state index is 0.282. The summed E-state index contributed by atoms with van der Waals surface area (Å²) in [6.45, 7) is 8.23. The molecule has 0 spiro atoms. The molecular weight excluding hydrogens is 236 g/mol. The van der Waals surface area contributed by atoms with Gasteiger partial charge in [-0.3, -0.25) is 4.79 Å². The first-order valence-corrected chi connectivity index (χ1v) is 5.55. The maximum atomic E-state index is 11.9. The summed E-state index contributed by atoms with van der Waals surface area (Å²) in [5.41, 5.74) is -1.58. The molecule has 1 aromatic rings. The minimum Gasteiger partial charge on any atom is -0.481 e. The molecule has 0 bridgehead atoms. The smallest absolute Gasteiger partial charge is 0.420 e. The van der Waals surface area contributed by atoms with E-state index in [2.05, 4.69) is 4.98 Å². The Labute approximate surface area is 106 Å². The number of ether oxygens (including phenoxy) is 1. The van der Waals surface area contributed by atoms with E-state index in [1.165, 1.54) is 26.4 Å². The van der Waals surface area contributed by atoms with Gasteiger partial charge in [0, 0.05) is 6.20 Å². The third-order valence-corrected chi connectivity index (χ3v) is 2.40. The van der Waals surface area contributed by atoms with Crippen molar-refractivity contribution in [3.05, 3.63) is 18.2 Å². The number of nitrogens with zero attached hydrogens (tertiary/aromatic N) is 2. The Kier molecular flexibility index (Phi) is 3.50. The van der Waals surface area contributed by atoms with E-state index in [0.717, 1.165) is 4.57 Å². The fourth-order valence-electron chi connectivity index (χ4n) is 1.32. The number of carbonyl (C=O) groups excluding carboxylic acids is 1. The molecule has 0 fully saturated rings. The maximum absolute atomic E-state index is 11.9. The molecule has 1 heterocycles. The van der Waals surface area contributed by atoms with Gasteiger partial charge in [-0.1, -0.05) is 0 Å². The molecule has 18 heavy (non-hydrogen) atoms. The van der Waals surface area contributed by atoms with Crippen LogP contribution in [0, 0.1) is 0 Å². The van der Waals surface area contributed by atoms with Gasteiger partial charge in [0.05, 0.1) is 5.69 Å². The molecule has 0 radical (unpaired) electrons. The van der Waals surface area contributed by atoms with Crippen LogP contribution in [0.1, 0.15) is 40.3 Å². The topological polar surface area (TPSA) is 81.4 Å². The van der Waals surface area contributed by atoms with E-state index in [1.807, 2.05) is 0 Å². The van der Waals surface area contributed by atoms with Gasteiger partial charge in [-0.2, -0.15) is 0 Å².